The van der Waals surface area contributed by atoms with Gasteiger partial charge < -0.3 is 9.72 Å². The van der Waals surface area contributed by atoms with E-state index in [-0.39, 0.29) is 18.2 Å². The van der Waals surface area contributed by atoms with Crippen molar-refractivity contribution >= 4 is 16.9 Å². The molecule has 28 heavy (non-hydrogen) atoms. The summed E-state index contributed by atoms with van der Waals surface area (Å²) in [5.74, 6) is -0.738. The molecule has 2 heterocycles. The summed E-state index contributed by atoms with van der Waals surface area (Å²) >= 11 is 0. The average molecular weight is 374 g/mol. The molecular formula is C23H19FN2O2. The second-order valence-corrected chi connectivity index (χ2v) is 6.54. The van der Waals surface area contributed by atoms with Gasteiger partial charge in [0.2, 0.25) is 0 Å². The Balaban J connectivity index is 1.51. The van der Waals surface area contributed by atoms with Gasteiger partial charge in [-0.25, -0.2) is 4.39 Å². The number of H-pyrrole nitrogens is 1. The molecule has 1 N–H and O–H groups in total. The molecular weight excluding hydrogens is 355 g/mol. The van der Waals surface area contributed by atoms with E-state index in [2.05, 4.69) is 9.97 Å². The summed E-state index contributed by atoms with van der Waals surface area (Å²) in [6, 6.07) is 19.4. The van der Waals surface area contributed by atoms with Crippen LogP contribution in [-0.2, 0) is 16.0 Å². The van der Waals surface area contributed by atoms with Gasteiger partial charge in [0.1, 0.15) is 5.82 Å². The Kier molecular flexibility index (Phi) is 5.15. The number of nitrogens with one attached hydrogen (secondary N) is 1. The summed E-state index contributed by atoms with van der Waals surface area (Å²) in [4.78, 5) is 20.1. The van der Waals surface area contributed by atoms with Crippen molar-refractivity contribution in [2.24, 2.45) is 0 Å². The van der Waals surface area contributed by atoms with Crippen molar-refractivity contribution < 1.29 is 13.9 Å². The number of aryl methyl sites for hydroxylation is 1. The van der Waals surface area contributed by atoms with Crippen molar-refractivity contribution in [3.63, 3.8) is 0 Å². The van der Waals surface area contributed by atoms with Crippen LogP contribution in [0.15, 0.2) is 79.1 Å². The number of benzene rings is 2. The van der Waals surface area contributed by atoms with E-state index >= 15 is 0 Å². The van der Waals surface area contributed by atoms with E-state index in [1.165, 1.54) is 12.1 Å². The normalized spacial score (nSPS) is 12.0. The Morgan fingerprint density at radius 3 is 2.75 bits per heavy atom. The Hall–Kier alpha value is -3.47. The maximum atomic E-state index is 13.7. The third-order valence-corrected chi connectivity index (χ3v) is 4.63. The first-order valence-electron chi connectivity index (χ1n) is 9.11. The topological polar surface area (TPSA) is 55.0 Å². The standard InChI is InChI=1S/C23H19FN2O2/c24-18-7-5-6-16(14-18)23(21-10-3-4-13-25-21)28-22(27)12-11-17-15-26-20-9-2-1-8-19(17)20/h1-10,13-15,23,26H,11-12H2. The smallest absolute Gasteiger partial charge is 0.307 e. The van der Waals surface area contributed by atoms with Gasteiger partial charge in [0.25, 0.3) is 0 Å². The number of aromatic nitrogens is 2. The van der Waals surface area contributed by atoms with Gasteiger partial charge >= 0.3 is 5.97 Å². The Morgan fingerprint density at radius 1 is 1.07 bits per heavy atom. The van der Waals surface area contributed by atoms with Gasteiger partial charge in [-0.1, -0.05) is 36.4 Å². The van der Waals surface area contributed by atoms with Crippen LogP contribution in [0.25, 0.3) is 10.9 Å². The molecule has 0 amide bonds. The second-order valence-electron chi connectivity index (χ2n) is 6.54. The number of esters is 1. The summed E-state index contributed by atoms with van der Waals surface area (Å²) in [5.41, 5.74) is 3.22. The minimum absolute atomic E-state index is 0.223. The third kappa shape index (κ3) is 3.93. The number of para-hydroxylation sites is 1. The maximum Gasteiger partial charge on any atom is 0.307 e. The lowest BCUT2D eigenvalue weighted by atomic mass is 10.1. The summed E-state index contributed by atoms with van der Waals surface area (Å²) in [6.45, 7) is 0. The molecule has 0 fully saturated rings. The number of ether oxygens (including phenoxy) is 1. The van der Waals surface area contributed by atoms with Gasteiger partial charge in [-0.2, -0.15) is 0 Å². The van der Waals surface area contributed by atoms with E-state index in [0.717, 1.165) is 16.5 Å². The number of hydrogen-bond donors (Lipinski definition) is 1. The van der Waals surface area contributed by atoms with Crippen LogP contribution in [0.1, 0.15) is 29.3 Å². The van der Waals surface area contributed by atoms with Crippen LogP contribution in [0.2, 0.25) is 0 Å². The zero-order chi connectivity index (χ0) is 19.3. The van der Waals surface area contributed by atoms with Crippen molar-refractivity contribution in [3.05, 3.63) is 102 Å². The largest absolute Gasteiger partial charge is 0.451 e. The van der Waals surface area contributed by atoms with E-state index in [1.54, 1.807) is 30.5 Å². The highest BCUT2D eigenvalue weighted by atomic mass is 19.1. The molecule has 0 bridgehead atoms. The van der Waals surface area contributed by atoms with Gasteiger partial charge in [0.05, 0.1) is 5.69 Å². The van der Waals surface area contributed by atoms with Crippen LogP contribution < -0.4 is 0 Å². The number of fused-ring (bicyclic) bond motifs is 1. The first-order chi connectivity index (χ1) is 13.7. The SMILES string of the molecule is O=C(CCc1c[nH]c2ccccc12)OC(c1cccc(F)c1)c1ccccn1. The molecule has 5 heteroatoms. The minimum atomic E-state index is -0.743. The predicted octanol–water partition coefficient (Wildman–Crippen LogP) is 4.97. The van der Waals surface area contributed by atoms with Crippen molar-refractivity contribution in [2.45, 2.75) is 18.9 Å². The lowest BCUT2D eigenvalue weighted by molar-refractivity contribution is -0.147. The van der Waals surface area contributed by atoms with Gasteiger partial charge in [0.15, 0.2) is 6.10 Å². The van der Waals surface area contributed by atoms with Crippen molar-refractivity contribution in [3.8, 4) is 0 Å². The monoisotopic (exact) mass is 374 g/mol. The van der Waals surface area contributed by atoms with Crippen LogP contribution in [0.3, 0.4) is 0 Å². The van der Waals surface area contributed by atoms with Crippen LogP contribution in [0, 0.1) is 5.82 Å². The predicted molar refractivity (Wildman–Crippen MR) is 105 cm³/mol. The molecule has 2 aromatic heterocycles. The maximum absolute atomic E-state index is 13.7. The molecule has 1 atom stereocenters. The summed E-state index contributed by atoms with van der Waals surface area (Å²) in [6.07, 6.45) is 3.58. The van der Waals surface area contributed by atoms with Crippen LogP contribution in [0.5, 0.6) is 0 Å². The van der Waals surface area contributed by atoms with Crippen LogP contribution in [-0.4, -0.2) is 15.9 Å². The second kappa shape index (κ2) is 8.05. The molecule has 4 rings (SSSR count). The molecule has 1 unspecified atom stereocenters. The molecule has 0 aliphatic carbocycles. The fourth-order valence-corrected chi connectivity index (χ4v) is 3.27. The van der Waals surface area contributed by atoms with E-state index in [9.17, 15) is 9.18 Å². The number of carbonyl (C=O) groups is 1. The molecule has 0 aliphatic rings. The molecule has 2 aromatic carbocycles. The van der Waals surface area contributed by atoms with Crippen LogP contribution >= 0.6 is 0 Å². The number of pyridine rings is 1. The van der Waals surface area contributed by atoms with Crippen molar-refractivity contribution in [1.82, 2.24) is 9.97 Å². The number of carbonyl (C=O) groups excluding carboxylic acids is 1. The fourth-order valence-electron chi connectivity index (χ4n) is 3.27. The Bertz CT molecular complexity index is 1090. The quantitative estimate of drug-likeness (QED) is 0.485. The highest BCUT2D eigenvalue weighted by molar-refractivity contribution is 5.83. The lowest BCUT2D eigenvalue weighted by Crippen LogP contribution is -2.14. The van der Waals surface area contributed by atoms with Gasteiger partial charge in [-0.05, 0) is 42.3 Å². The zero-order valence-corrected chi connectivity index (χ0v) is 15.1. The lowest BCUT2D eigenvalue weighted by Gasteiger charge is -2.18. The number of rotatable bonds is 6. The van der Waals surface area contributed by atoms with Gasteiger partial charge in [0, 0.05) is 35.3 Å². The van der Waals surface area contributed by atoms with Crippen molar-refractivity contribution in [2.75, 3.05) is 0 Å². The number of aromatic amines is 1. The van der Waals surface area contributed by atoms with Crippen molar-refractivity contribution in [1.29, 1.82) is 0 Å². The molecule has 0 radical (unpaired) electrons. The Morgan fingerprint density at radius 2 is 1.93 bits per heavy atom. The summed E-state index contributed by atoms with van der Waals surface area (Å²) in [5, 5.41) is 1.10. The minimum Gasteiger partial charge on any atom is -0.451 e. The molecule has 4 aromatic rings. The van der Waals surface area contributed by atoms with E-state index in [4.69, 9.17) is 4.74 Å². The molecule has 0 spiro atoms. The zero-order valence-electron chi connectivity index (χ0n) is 15.1. The first kappa shape index (κ1) is 17.9. The van der Waals surface area contributed by atoms with Gasteiger partial charge in [-0.3, -0.25) is 9.78 Å². The van der Waals surface area contributed by atoms with Gasteiger partial charge in [-0.15, -0.1) is 0 Å². The number of hydrogen-bond acceptors (Lipinski definition) is 3. The number of halogens is 1. The van der Waals surface area contributed by atoms with E-state index in [1.807, 2.05) is 36.5 Å². The van der Waals surface area contributed by atoms with E-state index in [0.29, 0.717) is 17.7 Å². The van der Waals surface area contributed by atoms with E-state index < -0.39 is 6.10 Å². The molecule has 0 saturated heterocycles. The highest BCUT2D eigenvalue weighted by Gasteiger charge is 2.21. The molecule has 0 aliphatic heterocycles. The summed E-state index contributed by atoms with van der Waals surface area (Å²) in [7, 11) is 0. The average Bonchev–Trinajstić information content (AvgIpc) is 3.14. The van der Waals surface area contributed by atoms with Crippen LogP contribution in [0.4, 0.5) is 4.39 Å². The first-order valence-corrected chi connectivity index (χ1v) is 9.11. The summed E-state index contributed by atoms with van der Waals surface area (Å²) < 4.78 is 19.4. The number of nitrogens with zero attached hydrogens (tertiary/aromatic N) is 1. The molecule has 0 saturated carbocycles. The third-order valence-electron chi connectivity index (χ3n) is 4.63. The highest BCUT2D eigenvalue weighted by Crippen LogP contribution is 2.26. The fraction of sp³-hybridized carbons (Fsp3) is 0.130. The molecule has 4 nitrogen and oxygen atoms in total. The Labute approximate surface area is 162 Å². The molecule has 140 valence electrons.